The van der Waals surface area contributed by atoms with Crippen molar-refractivity contribution in [3.8, 4) is 11.4 Å². The number of rotatable bonds is 1. The van der Waals surface area contributed by atoms with Gasteiger partial charge in [0.1, 0.15) is 5.82 Å². The third-order valence-corrected chi connectivity index (χ3v) is 2.33. The molecule has 1 heterocycles. The van der Waals surface area contributed by atoms with Crippen LogP contribution in [0.3, 0.4) is 0 Å². The van der Waals surface area contributed by atoms with Crippen LogP contribution in [0.15, 0.2) is 24.3 Å². The summed E-state index contributed by atoms with van der Waals surface area (Å²) in [5, 5.41) is 0.775. The van der Waals surface area contributed by atoms with Crippen LogP contribution in [0, 0.1) is 6.92 Å². The highest BCUT2D eigenvalue weighted by molar-refractivity contribution is 6.33. The molecular weight excluding hydrogens is 233 g/mol. The number of hydrogen-bond donors (Lipinski definition) is 0. The molecule has 0 aliphatic carbocycles. The molecule has 3 nitrogen and oxygen atoms in total. The molecule has 0 saturated heterocycles. The number of halogens is 2. The van der Waals surface area contributed by atoms with Gasteiger partial charge in [-0.25, -0.2) is 9.97 Å². The number of benzene rings is 1. The van der Waals surface area contributed by atoms with E-state index < -0.39 is 0 Å². The molecule has 1 aromatic carbocycles. The van der Waals surface area contributed by atoms with Gasteiger partial charge in [0.25, 0.3) is 0 Å². The van der Waals surface area contributed by atoms with Crippen molar-refractivity contribution in [3.63, 3.8) is 0 Å². The van der Waals surface area contributed by atoms with E-state index in [4.69, 9.17) is 23.2 Å². The molecule has 0 atom stereocenters. The van der Waals surface area contributed by atoms with Crippen molar-refractivity contribution in [3.05, 3.63) is 40.4 Å². The topological polar surface area (TPSA) is 38.7 Å². The van der Waals surface area contributed by atoms with Gasteiger partial charge in [0, 0.05) is 5.56 Å². The maximum absolute atomic E-state index is 6.02. The lowest BCUT2D eigenvalue weighted by Crippen LogP contribution is -1.96. The van der Waals surface area contributed by atoms with Crippen LogP contribution in [0.5, 0.6) is 0 Å². The molecule has 2 aromatic rings. The van der Waals surface area contributed by atoms with Gasteiger partial charge in [-0.05, 0) is 30.7 Å². The van der Waals surface area contributed by atoms with E-state index in [-0.39, 0.29) is 5.28 Å². The first kappa shape index (κ1) is 10.3. The van der Waals surface area contributed by atoms with Crippen molar-refractivity contribution in [2.24, 2.45) is 0 Å². The Bertz CT molecular complexity index is 480. The average Bonchev–Trinajstić information content (AvgIpc) is 2.16. The largest absolute Gasteiger partial charge is 0.226 e. The predicted molar refractivity (Wildman–Crippen MR) is 60.0 cm³/mol. The van der Waals surface area contributed by atoms with E-state index in [1.807, 2.05) is 18.2 Å². The third kappa shape index (κ3) is 2.25. The van der Waals surface area contributed by atoms with Gasteiger partial charge in [-0.1, -0.05) is 23.7 Å². The van der Waals surface area contributed by atoms with Gasteiger partial charge in [0.15, 0.2) is 5.82 Å². The average molecular weight is 240 g/mol. The second kappa shape index (κ2) is 4.13. The number of aromatic nitrogens is 3. The van der Waals surface area contributed by atoms with Gasteiger partial charge in [0.05, 0.1) is 5.02 Å². The molecule has 5 heteroatoms. The first-order chi connectivity index (χ1) is 7.16. The Balaban J connectivity index is 2.59. The van der Waals surface area contributed by atoms with Crippen LogP contribution >= 0.6 is 23.2 Å². The van der Waals surface area contributed by atoms with Gasteiger partial charge in [-0.15, -0.1) is 0 Å². The van der Waals surface area contributed by atoms with Crippen molar-refractivity contribution < 1.29 is 0 Å². The van der Waals surface area contributed by atoms with Gasteiger partial charge in [0.2, 0.25) is 5.28 Å². The van der Waals surface area contributed by atoms with E-state index in [0.717, 1.165) is 5.56 Å². The van der Waals surface area contributed by atoms with Crippen LogP contribution in [-0.2, 0) is 0 Å². The highest BCUT2D eigenvalue weighted by Gasteiger charge is 2.07. The van der Waals surface area contributed by atoms with Crippen molar-refractivity contribution in [1.29, 1.82) is 0 Å². The second-order valence-electron chi connectivity index (χ2n) is 2.96. The summed E-state index contributed by atoms with van der Waals surface area (Å²) in [5.74, 6) is 1.07. The Labute approximate surface area is 97.1 Å². The van der Waals surface area contributed by atoms with Crippen molar-refractivity contribution in [1.82, 2.24) is 15.0 Å². The molecular formula is C10H7Cl2N3. The Morgan fingerprint density at radius 1 is 1.00 bits per heavy atom. The van der Waals surface area contributed by atoms with Gasteiger partial charge < -0.3 is 0 Å². The monoisotopic (exact) mass is 239 g/mol. The second-order valence-corrected chi connectivity index (χ2v) is 3.70. The molecule has 0 amide bonds. The summed E-state index contributed by atoms with van der Waals surface area (Å²) < 4.78 is 0. The summed E-state index contributed by atoms with van der Waals surface area (Å²) in [5.41, 5.74) is 0.756. The maximum Gasteiger partial charge on any atom is 0.226 e. The van der Waals surface area contributed by atoms with Crippen LogP contribution in [-0.4, -0.2) is 15.0 Å². The lowest BCUT2D eigenvalue weighted by atomic mass is 10.2. The highest BCUT2D eigenvalue weighted by atomic mass is 35.5. The van der Waals surface area contributed by atoms with Crippen LogP contribution in [0.25, 0.3) is 11.4 Å². The summed E-state index contributed by atoms with van der Waals surface area (Å²) in [6.45, 7) is 1.76. The number of nitrogens with zero attached hydrogens (tertiary/aromatic N) is 3. The van der Waals surface area contributed by atoms with Crippen LogP contribution < -0.4 is 0 Å². The molecule has 0 spiro atoms. The quantitative estimate of drug-likeness (QED) is 0.768. The number of hydrogen-bond acceptors (Lipinski definition) is 3. The normalized spacial score (nSPS) is 10.3. The summed E-state index contributed by atoms with van der Waals surface area (Å²) in [6, 6.07) is 7.34. The summed E-state index contributed by atoms with van der Waals surface area (Å²) in [7, 11) is 0. The highest BCUT2D eigenvalue weighted by Crippen LogP contribution is 2.24. The Hall–Kier alpha value is -1.19. The van der Waals surface area contributed by atoms with E-state index in [1.54, 1.807) is 13.0 Å². The third-order valence-electron chi connectivity index (χ3n) is 1.83. The van der Waals surface area contributed by atoms with Gasteiger partial charge in [-0.3, -0.25) is 0 Å². The van der Waals surface area contributed by atoms with Gasteiger partial charge in [-0.2, -0.15) is 4.98 Å². The van der Waals surface area contributed by atoms with E-state index in [1.165, 1.54) is 0 Å². The molecule has 0 saturated carbocycles. The van der Waals surface area contributed by atoms with Crippen LogP contribution in [0.4, 0.5) is 0 Å². The molecule has 0 fully saturated rings. The summed E-state index contributed by atoms with van der Waals surface area (Å²) in [4.78, 5) is 12.1. The van der Waals surface area contributed by atoms with Crippen molar-refractivity contribution in [2.75, 3.05) is 0 Å². The fourth-order valence-electron chi connectivity index (χ4n) is 1.21. The molecule has 76 valence electrons. The predicted octanol–water partition coefficient (Wildman–Crippen LogP) is 3.15. The molecule has 2 rings (SSSR count). The molecule has 1 aromatic heterocycles. The molecule has 0 bridgehead atoms. The van der Waals surface area contributed by atoms with E-state index in [0.29, 0.717) is 16.7 Å². The molecule has 15 heavy (non-hydrogen) atoms. The zero-order valence-electron chi connectivity index (χ0n) is 7.91. The fraction of sp³-hybridized carbons (Fsp3) is 0.100. The fourth-order valence-corrected chi connectivity index (χ4v) is 1.63. The lowest BCUT2D eigenvalue weighted by Gasteiger charge is -2.03. The molecule has 0 unspecified atom stereocenters. The zero-order chi connectivity index (χ0) is 10.8. The minimum atomic E-state index is 0.178. The Morgan fingerprint density at radius 2 is 1.73 bits per heavy atom. The Kier molecular flexibility index (Phi) is 2.84. The summed E-state index contributed by atoms with van der Waals surface area (Å²) in [6.07, 6.45) is 0. The van der Waals surface area contributed by atoms with Crippen LogP contribution in [0.1, 0.15) is 5.82 Å². The smallest absolute Gasteiger partial charge is 0.213 e. The number of aryl methyl sites for hydroxylation is 1. The minimum Gasteiger partial charge on any atom is -0.213 e. The maximum atomic E-state index is 6.02. The van der Waals surface area contributed by atoms with Crippen LogP contribution in [0.2, 0.25) is 10.3 Å². The Morgan fingerprint density at radius 3 is 2.40 bits per heavy atom. The SMILES string of the molecule is Cc1nc(Cl)nc(-c2ccccc2Cl)n1. The first-order valence-electron chi connectivity index (χ1n) is 4.30. The molecule has 0 aliphatic rings. The first-order valence-corrected chi connectivity index (χ1v) is 5.05. The van der Waals surface area contributed by atoms with E-state index >= 15 is 0 Å². The molecule has 0 aliphatic heterocycles. The van der Waals surface area contributed by atoms with E-state index in [2.05, 4.69) is 15.0 Å². The minimum absolute atomic E-state index is 0.178. The zero-order valence-corrected chi connectivity index (χ0v) is 9.42. The summed E-state index contributed by atoms with van der Waals surface area (Å²) >= 11 is 11.8. The van der Waals surface area contributed by atoms with Crippen molar-refractivity contribution >= 4 is 23.2 Å². The lowest BCUT2D eigenvalue weighted by molar-refractivity contribution is 0.984. The molecule has 0 N–H and O–H groups in total. The molecule has 0 radical (unpaired) electrons. The standard InChI is InChI=1S/C10H7Cl2N3/c1-6-13-9(15-10(12)14-6)7-4-2-3-5-8(7)11/h2-5H,1H3. The van der Waals surface area contributed by atoms with Crippen molar-refractivity contribution in [2.45, 2.75) is 6.92 Å². The van der Waals surface area contributed by atoms with E-state index in [9.17, 15) is 0 Å². The van der Waals surface area contributed by atoms with Gasteiger partial charge >= 0.3 is 0 Å².